The Hall–Kier alpha value is -1.88. The van der Waals surface area contributed by atoms with Crippen LogP contribution < -0.4 is 10.6 Å². The summed E-state index contributed by atoms with van der Waals surface area (Å²) in [5.41, 5.74) is 2.55. The summed E-state index contributed by atoms with van der Waals surface area (Å²) >= 11 is 0. The van der Waals surface area contributed by atoms with Crippen molar-refractivity contribution < 1.29 is 9.59 Å². The number of likely N-dealkylation sites (tertiary alicyclic amines) is 1. The molecule has 24 heavy (non-hydrogen) atoms. The van der Waals surface area contributed by atoms with Gasteiger partial charge in [-0.25, -0.2) is 0 Å². The van der Waals surface area contributed by atoms with Crippen LogP contribution in [0.25, 0.3) is 0 Å². The number of nitrogens with zero attached hydrogens (tertiary/aromatic N) is 1. The number of nitrogens with one attached hydrogen (secondary N) is 2. The van der Waals surface area contributed by atoms with Gasteiger partial charge in [-0.05, 0) is 44.2 Å². The summed E-state index contributed by atoms with van der Waals surface area (Å²) < 4.78 is 0. The third kappa shape index (κ3) is 3.78. The van der Waals surface area contributed by atoms with Crippen LogP contribution in [0.5, 0.6) is 0 Å². The molecule has 3 rings (SSSR count). The van der Waals surface area contributed by atoms with E-state index in [1.807, 2.05) is 30.9 Å². The van der Waals surface area contributed by atoms with Crippen LogP contribution in [-0.2, 0) is 22.6 Å². The van der Waals surface area contributed by atoms with Gasteiger partial charge in [-0.2, -0.15) is 0 Å². The van der Waals surface area contributed by atoms with Crippen molar-refractivity contribution in [2.24, 2.45) is 5.92 Å². The first-order valence-corrected chi connectivity index (χ1v) is 8.94. The summed E-state index contributed by atoms with van der Waals surface area (Å²) in [6, 6.07) is 8.32. The first-order chi connectivity index (χ1) is 11.5. The van der Waals surface area contributed by atoms with E-state index in [0.717, 1.165) is 25.8 Å². The zero-order valence-electron chi connectivity index (χ0n) is 14.5. The summed E-state index contributed by atoms with van der Waals surface area (Å²) in [6.07, 6.45) is 2.27. The first-order valence-electron chi connectivity index (χ1n) is 8.94. The van der Waals surface area contributed by atoms with E-state index in [1.165, 1.54) is 11.1 Å². The Morgan fingerprint density at radius 1 is 1.17 bits per heavy atom. The molecule has 2 aliphatic heterocycles. The smallest absolute Gasteiger partial charge is 0.240 e. The highest BCUT2D eigenvalue weighted by molar-refractivity contribution is 5.83. The van der Waals surface area contributed by atoms with Gasteiger partial charge in [-0.1, -0.05) is 24.3 Å². The predicted octanol–water partition coefficient (Wildman–Crippen LogP) is 1.46. The van der Waals surface area contributed by atoms with Gasteiger partial charge in [0.2, 0.25) is 11.8 Å². The summed E-state index contributed by atoms with van der Waals surface area (Å²) in [4.78, 5) is 26.8. The minimum atomic E-state index is -0.138. The van der Waals surface area contributed by atoms with Crippen molar-refractivity contribution in [3.8, 4) is 0 Å². The molecule has 2 aliphatic rings. The highest BCUT2D eigenvalue weighted by atomic mass is 16.2. The SMILES string of the molecule is CC(C)NC(=O)C1CCN(C(=O)C2Cc3ccccc3CN2)CC1. The van der Waals surface area contributed by atoms with Crippen LogP contribution in [-0.4, -0.2) is 41.9 Å². The molecule has 2 amide bonds. The minimum absolute atomic E-state index is 0.0384. The Bertz CT molecular complexity index is 606. The van der Waals surface area contributed by atoms with Gasteiger partial charge < -0.3 is 15.5 Å². The fourth-order valence-electron chi connectivity index (χ4n) is 3.61. The highest BCUT2D eigenvalue weighted by Crippen LogP contribution is 2.21. The van der Waals surface area contributed by atoms with E-state index in [9.17, 15) is 9.59 Å². The molecule has 1 saturated heterocycles. The third-order valence-corrected chi connectivity index (χ3v) is 4.99. The second-order valence-corrected chi connectivity index (χ2v) is 7.17. The molecule has 0 spiro atoms. The molecule has 0 aromatic heterocycles. The zero-order chi connectivity index (χ0) is 17.1. The lowest BCUT2D eigenvalue weighted by Gasteiger charge is -2.35. The predicted molar refractivity (Wildman–Crippen MR) is 93.4 cm³/mol. The van der Waals surface area contributed by atoms with Gasteiger partial charge in [0, 0.05) is 31.6 Å². The van der Waals surface area contributed by atoms with Crippen LogP contribution in [0, 0.1) is 5.92 Å². The van der Waals surface area contributed by atoms with Crippen molar-refractivity contribution in [2.75, 3.05) is 13.1 Å². The Balaban J connectivity index is 1.54. The molecule has 1 fully saturated rings. The molecule has 2 N–H and O–H groups in total. The lowest BCUT2D eigenvalue weighted by Crippen LogP contribution is -2.52. The van der Waals surface area contributed by atoms with Crippen molar-refractivity contribution in [3.63, 3.8) is 0 Å². The first kappa shape index (κ1) is 17.0. The van der Waals surface area contributed by atoms with E-state index < -0.39 is 0 Å². The van der Waals surface area contributed by atoms with E-state index in [1.54, 1.807) is 0 Å². The maximum atomic E-state index is 12.8. The zero-order valence-corrected chi connectivity index (χ0v) is 14.5. The lowest BCUT2D eigenvalue weighted by molar-refractivity contribution is -0.137. The lowest BCUT2D eigenvalue weighted by atomic mass is 9.92. The van der Waals surface area contributed by atoms with Gasteiger partial charge in [-0.15, -0.1) is 0 Å². The molecular formula is C19H27N3O2. The number of benzene rings is 1. The summed E-state index contributed by atoms with van der Waals surface area (Å²) in [7, 11) is 0. The number of hydrogen-bond donors (Lipinski definition) is 2. The highest BCUT2D eigenvalue weighted by Gasteiger charge is 2.32. The van der Waals surface area contributed by atoms with Crippen molar-refractivity contribution in [3.05, 3.63) is 35.4 Å². The average Bonchev–Trinajstić information content (AvgIpc) is 2.60. The Morgan fingerprint density at radius 2 is 1.83 bits per heavy atom. The van der Waals surface area contributed by atoms with Crippen molar-refractivity contribution in [1.29, 1.82) is 0 Å². The van der Waals surface area contributed by atoms with E-state index in [2.05, 4.69) is 22.8 Å². The molecule has 1 aromatic carbocycles. The quantitative estimate of drug-likeness (QED) is 0.883. The topological polar surface area (TPSA) is 61.4 Å². The minimum Gasteiger partial charge on any atom is -0.354 e. The molecular weight excluding hydrogens is 302 g/mol. The molecule has 0 bridgehead atoms. The van der Waals surface area contributed by atoms with Crippen molar-refractivity contribution in [1.82, 2.24) is 15.5 Å². The molecule has 1 unspecified atom stereocenters. The Kier molecular flexibility index (Phi) is 5.19. The second-order valence-electron chi connectivity index (χ2n) is 7.17. The van der Waals surface area contributed by atoms with Gasteiger partial charge in [0.1, 0.15) is 0 Å². The number of carbonyl (C=O) groups is 2. The molecule has 1 atom stereocenters. The molecule has 5 heteroatoms. The van der Waals surface area contributed by atoms with Crippen LogP contribution in [0.3, 0.4) is 0 Å². The summed E-state index contributed by atoms with van der Waals surface area (Å²) in [5, 5.41) is 6.34. The van der Waals surface area contributed by atoms with Gasteiger partial charge in [0.15, 0.2) is 0 Å². The third-order valence-electron chi connectivity index (χ3n) is 4.99. The fourth-order valence-corrected chi connectivity index (χ4v) is 3.61. The molecule has 0 saturated carbocycles. The molecule has 2 heterocycles. The second kappa shape index (κ2) is 7.34. The van der Waals surface area contributed by atoms with E-state index in [0.29, 0.717) is 13.1 Å². The molecule has 0 radical (unpaired) electrons. The molecule has 5 nitrogen and oxygen atoms in total. The fraction of sp³-hybridized carbons (Fsp3) is 0.579. The standard InChI is InChI=1S/C19H27N3O2/c1-13(2)21-18(23)14-7-9-22(10-8-14)19(24)17-11-15-5-3-4-6-16(15)12-20-17/h3-6,13-14,17,20H,7-12H2,1-2H3,(H,21,23). The number of fused-ring (bicyclic) bond motifs is 1. The molecule has 1 aromatic rings. The van der Waals surface area contributed by atoms with E-state index in [-0.39, 0.29) is 29.8 Å². The Labute approximate surface area is 143 Å². The van der Waals surface area contributed by atoms with Gasteiger partial charge >= 0.3 is 0 Å². The normalized spacial score (nSPS) is 21.5. The summed E-state index contributed by atoms with van der Waals surface area (Å²) in [6.45, 7) is 6.05. The van der Waals surface area contributed by atoms with Gasteiger partial charge in [-0.3, -0.25) is 9.59 Å². The summed E-state index contributed by atoms with van der Waals surface area (Å²) in [5.74, 6) is 0.338. The van der Waals surface area contributed by atoms with Crippen LogP contribution in [0.1, 0.15) is 37.8 Å². The number of hydrogen-bond acceptors (Lipinski definition) is 3. The van der Waals surface area contributed by atoms with Crippen LogP contribution >= 0.6 is 0 Å². The largest absolute Gasteiger partial charge is 0.354 e. The number of amides is 2. The van der Waals surface area contributed by atoms with E-state index >= 15 is 0 Å². The van der Waals surface area contributed by atoms with Crippen LogP contribution in [0.15, 0.2) is 24.3 Å². The number of rotatable bonds is 3. The number of piperidine rings is 1. The maximum absolute atomic E-state index is 12.8. The van der Waals surface area contributed by atoms with Gasteiger partial charge in [0.25, 0.3) is 0 Å². The number of carbonyl (C=O) groups excluding carboxylic acids is 2. The molecule has 130 valence electrons. The van der Waals surface area contributed by atoms with Gasteiger partial charge in [0.05, 0.1) is 6.04 Å². The van der Waals surface area contributed by atoms with Crippen molar-refractivity contribution >= 4 is 11.8 Å². The van der Waals surface area contributed by atoms with Crippen LogP contribution in [0.2, 0.25) is 0 Å². The van der Waals surface area contributed by atoms with Crippen molar-refractivity contribution in [2.45, 2.75) is 51.7 Å². The maximum Gasteiger partial charge on any atom is 0.240 e. The Morgan fingerprint density at radius 3 is 2.50 bits per heavy atom. The van der Waals surface area contributed by atoms with E-state index in [4.69, 9.17) is 0 Å². The van der Waals surface area contributed by atoms with Crippen LogP contribution in [0.4, 0.5) is 0 Å². The average molecular weight is 329 g/mol. The monoisotopic (exact) mass is 329 g/mol. The molecule has 0 aliphatic carbocycles.